The molecule has 0 bridgehead atoms. The Bertz CT molecular complexity index is 1420. The van der Waals surface area contributed by atoms with Crippen LogP contribution in [0.3, 0.4) is 0 Å². The van der Waals surface area contributed by atoms with Crippen molar-refractivity contribution in [3.05, 3.63) is 53.5 Å². The number of nitrogens with one attached hydrogen (secondary N) is 2. The van der Waals surface area contributed by atoms with E-state index in [9.17, 15) is 18.9 Å². The van der Waals surface area contributed by atoms with Crippen LogP contribution >= 0.6 is 7.82 Å². The smallest absolute Gasteiger partial charge is 0.421 e. The number of hydrogen-bond acceptors (Lipinski definition) is 9. The Hall–Kier alpha value is -3.84. The van der Waals surface area contributed by atoms with Crippen molar-refractivity contribution >= 4 is 42.8 Å². The molecule has 2 heterocycles. The predicted molar refractivity (Wildman–Crippen MR) is 134 cm³/mol. The maximum atomic E-state index is 13.2. The van der Waals surface area contributed by atoms with Crippen LogP contribution in [0.25, 0.3) is 5.52 Å². The molecule has 15 heteroatoms. The molecule has 0 atom stereocenters. The van der Waals surface area contributed by atoms with E-state index in [-0.39, 0.29) is 17.5 Å². The Morgan fingerprint density at radius 2 is 1.97 bits per heavy atom. The number of fused-ring (bicyclic) bond motifs is 1. The van der Waals surface area contributed by atoms with Gasteiger partial charge in [0.15, 0.2) is 5.82 Å². The lowest BCUT2D eigenvalue weighted by Gasteiger charge is -2.21. The highest BCUT2D eigenvalue weighted by Crippen LogP contribution is 2.36. The number of ether oxygens (including phenoxy) is 1. The van der Waals surface area contributed by atoms with Crippen LogP contribution in [0.5, 0.6) is 0 Å². The van der Waals surface area contributed by atoms with Gasteiger partial charge in [0, 0.05) is 30.0 Å². The van der Waals surface area contributed by atoms with Crippen LogP contribution in [0, 0.1) is 6.92 Å². The molecule has 0 saturated heterocycles. The third kappa shape index (κ3) is 6.53. The van der Waals surface area contributed by atoms with E-state index in [2.05, 4.69) is 25.2 Å². The van der Waals surface area contributed by atoms with E-state index in [4.69, 9.17) is 14.5 Å². The lowest BCUT2D eigenvalue weighted by Crippen LogP contribution is -2.39. The minimum Gasteiger partial charge on any atom is -0.421 e. The number of carbonyl (C=O) groups is 3. The van der Waals surface area contributed by atoms with Gasteiger partial charge in [-0.15, -0.1) is 0 Å². The standard InChI is InChI=1S/C23H27N6O8P/c1-3-8-24-21(30)16-10-19-20(25-12-26-28(19)11-16)27-18-9-15(5-4-14(18)2)22(31)29(17-6-7-17)23(32)36-13-37-38(33,34)35/h4-5,9-12,17H,3,6-8,13H2,1-2H3,(H,24,30)(H,25,26,27)(H2,33,34,35). The van der Waals surface area contributed by atoms with Crippen LogP contribution in [0.4, 0.5) is 16.3 Å². The molecule has 1 aliphatic rings. The minimum absolute atomic E-state index is 0.179. The number of rotatable bonds is 10. The molecule has 1 fully saturated rings. The topological polar surface area (TPSA) is 185 Å². The number of phosphoric acid groups is 1. The highest BCUT2D eigenvalue weighted by Gasteiger charge is 2.39. The number of aromatic nitrogens is 3. The quantitative estimate of drug-likeness (QED) is 0.216. The van der Waals surface area contributed by atoms with Crippen LogP contribution in [0.1, 0.15) is 52.5 Å². The molecule has 1 aliphatic carbocycles. The summed E-state index contributed by atoms with van der Waals surface area (Å²) in [5.41, 5.74) is 2.45. The van der Waals surface area contributed by atoms with Crippen molar-refractivity contribution in [3.8, 4) is 0 Å². The van der Waals surface area contributed by atoms with E-state index in [1.165, 1.54) is 10.8 Å². The summed E-state index contributed by atoms with van der Waals surface area (Å²) in [5.74, 6) is -0.470. The number of benzene rings is 1. The van der Waals surface area contributed by atoms with Crippen LogP contribution in [0.15, 0.2) is 36.8 Å². The second-order valence-corrected chi connectivity index (χ2v) is 9.87. The second-order valence-electron chi connectivity index (χ2n) is 8.63. The summed E-state index contributed by atoms with van der Waals surface area (Å²) in [6, 6.07) is 6.08. The number of aryl methyl sites for hydroxylation is 1. The first kappa shape index (κ1) is 27.2. The minimum atomic E-state index is -4.84. The van der Waals surface area contributed by atoms with E-state index >= 15 is 0 Å². The largest absolute Gasteiger partial charge is 0.472 e. The molecular weight excluding hydrogens is 519 g/mol. The first-order valence-corrected chi connectivity index (χ1v) is 13.3. The molecule has 0 aliphatic heterocycles. The van der Waals surface area contributed by atoms with Gasteiger partial charge in [0.25, 0.3) is 11.8 Å². The van der Waals surface area contributed by atoms with E-state index < -0.39 is 26.6 Å². The fourth-order valence-electron chi connectivity index (χ4n) is 3.59. The van der Waals surface area contributed by atoms with Crippen LogP contribution in [0.2, 0.25) is 0 Å². The monoisotopic (exact) mass is 546 g/mol. The zero-order valence-corrected chi connectivity index (χ0v) is 21.6. The SMILES string of the molecule is CCCNC(=O)c1cc2c(Nc3cc(C(=O)N(C(=O)OCOP(=O)(O)O)C4CC4)ccc3C)ncnn2c1. The third-order valence-electron chi connectivity index (χ3n) is 5.67. The van der Waals surface area contributed by atoms with Gasteiger partial charge in [-0.05, 0) is 49.9 Å². The van der Waals surface area contributed by atoms with Gasteiger partial charge in [-0.25, -0.2) is 28.3 Å². The molecule has 4 rings (SSSR count). The number of anilines is 2. The fourth-order valence-corrected chi connectivity index (χ4v) is 3.78. The van der Waals surface area contributed by atoms with Gasteiger partial charge in [0.2, 0.25) is 6.79 Å². The summed E-state index contributed by atoms with van der Waals surface area (Å²) < 4.78 is 21.2. The molecule has 38 heavy (non-hydrogen) atoms. The van der Waals surface area contributed by atoms with Crippen molar-refractivity contribution in [2.24, 2.45) is 0 Å². The van der Waals surface area contributed by atoms with Crippen LogP contribution in [-0.2, 0) is 13.8 Å². The first-order valence-electron chi connectivity index (χ1n) is 11.8. The number of imide groups is 1. The highest BCUT2D eigenvalue weighted by atomic mass is 31.2. The van der Waals surface area contributed by atoms with Gasteiger partial charge in [0.05, 0.1) is 5.56 Å². The normalized spacial score (nSPS) is 13.3. The molecule has 2 aromatic heterocycles. The molecule has 0 unspecified atom stereocenters. The maximum absolute atomic E-state index is 13.2. The molecular formula is C23H27N6O8P. The number of nitrogens with zero attached hydrogens (tertiary/aromatic N) is 4. The zero-order chi connectivity index (χ0) is 27.4. The van der Waals surface area contributed by atoms with Gasteiger partial charge in [-0.3, -0.25) is 9.59 Å². The Balaban J connectivity index is 1.55. The Morgan fingerprint density at radius 1 is 1.21 bits per heavy atom. The van der Waals surface area contributed by atoms with Gasteiger partial charge in [-0.2, -0.15) is 5.10 Å². The second kappa shape index (κ2) is 11.3. The summed E-state index contributed by atoms with van der Waals surface area (Å²) in [6.45, 7) is 3.33. The van der Waals surface area contributed by atoms with E-state index in [0.717, 1.165) is 16.9 Å². The van der Waals surface area contributed by atoms with Gasteiger partial charge in [0.1, 0.15) is 11.8 Å². The van der Waals surface area contributed by atoms with Crippen molar-refractivity contribution in [2.75, 3.05) is 18.7 Å². The summed E-state index contributed by atoms with van der Waals surface area (Å²) in [7, 11) is -4.84. The first-order chi connectivity index (χ1) is 18.1. The summed E-state index contributed by atoms with van der Waals surface area (Å²) >= 11 is 0. The van der Waals surface area contributed by atoms with E-state index in [1.54, 1.807) is 30.5 Å². The Kier molecular flexibility index (Phi) is 8.07. The lowest BCUT2D eigenvalue weighted by molar-refractivity contribution is 0.0193. The van der Waals surface area contributed by atoms with Crippen molar-refractivity contribution < 1.29 is 38.0 Å². The molecule has 3 amide bonds. The number of amides is 3. The maximum Gasteiger partial charge on any atom is 0.472 e. The average Bonchev–Trinajstić information content (AvgIpc) is 3.59. The van der Waals surface area contributed by atoms with Gasteiger partial charge < -0.3 is 25.2 Å². The zero-order valence-electron chi connectivity index (χ0n) is 20.7. The molecule has 4 N–H and O–H groups in total. The van der Waals surface area contributed by atoms with Crippen molar-refractivity contribution in [1.29, 1.82) is 0 Å². The fraction of sp³-hybridized carbons (Fsp3) is 0.348. The van der Waals surface area contributed by atoms with Crippen molar-refractivity contribution in [2.45, 2.75) is 39.2 Å². The van der Waals surface area contributed by atoms with Gasteiger partial charge in [-0.1, -0.05) is 13.0 Å². The van der Waals surface area contributed by atoms with E-state index in [0.29, 0.717) is 42.0 Å². The molecule has 1 saturated carbocycles. The molecule has 0 radical (unpaired) electrons. The predicted octanol–water partition coefficient (Wildman–Crippen LogP) is 2.73. The van der Waals surface area contributed by atoms with Crippen molar-refractivity contribution in [3.63, 3.8) is 0 Å². The van der Waals surface area contributed by atoms with Crippen molar-refractivity contribution in [1.82, 2.24) is 24.8 Å². The molecule has 202 valence electrons. The Morgan fingerprint density at radius 3 is 2.66 bits per heavy atom. The number of phosphoric ester groups is 1. The summed E-state index contributed by atoms with van der Waals surface area (Å²) in [6.07, 6.45) is 3.82. The molecule has 1 aromatic carbocycles. The Labute approximate surface area is 217 Å². The lowest BCUT2D eigenvalue weighted by atomic mass is 10.1. The summed E-state index contributed by atoms with van der Waals surface area (Å²) in [5, 5.41) is 10.1. The number of carbonyl (C=O) groups excluding carboxylic acids is 3. The molecule has 3 aromatic rings. The average molecular weight is 546 g/mol. The summed E-state index contributed by atoms with van der Waals surface area (Å²) in [4.78, 5) is 60.9. The molecule has 0 spiro atoms. The highest BCUT2D eigenvalue weighted by molar-refractivity contribution is 7.46. The van der Waals surface area contributed by atoms with Gasteiger partial charge >= 0.3 is 13.9 Å². The number of hydrogen-bond donors (Lipinski definition) is 4. The third-order valence-corrected chi connectivity index (χ3v) is 6.11. The molecule has 14 nitrogen and oxygen atoms in total. The van der Waals surface area contributed by atoms with Crippen LogP contribution in [-0.4, -0.2) is 66.6 Å². The van der Waals surface area contributed by atoms with E-state index in [1.807, 2.05) is 13.8 Å². The van der Waals surface area contributed by atoms with Crippen LogP contribution < -0.4 is 10.6 Å².